The number of nitrogens with zero attached hydrogens (tertiary/aromatic N) is 2. The van der Waals surface area contributed by atoms with Crippen LogP contribution in [-0.2, 0) is 0 Å². The maximum atomic E-state index is 9.62. The molecule has 5 nitrogen and oxygen atoms in total. The first-order valence-corrected chi connectivity index (χ1v) is 8.59. The van der Waals surface area contributed by atoms with Gasteiger partial charge in [0, 0.05) is 24.7 Å². The highest BCUT2D eigenvalue weighted by Gasteiger charge is 2.19. The predicted molar refractivity (Wildman–Crippen MR) is 110 cm³/mol. The lowest BCUT2D eigenvalue weighted by Crippen LogP contribution is -2.47. The number of piperidine rings is 1. The van der Waals surface area contributed by atoms with Crippen molar-refractivity contribution in [1.29, 1.82) is 0 Å². The molecule has 1 heterocycles. The first-order chi connectivity index (χ1) is 11.1. The number of ether oxygens (including phenoxy) is 1. The fraction of sp³-hybridized carbons (Fsp3) is 0.588. The minimum Gasteiger partial charge on any atom is -0.489 e. The van der Waals surface area contributed by atoms with Gasteiger partial charge in [0.05, 0.1) is 12.6 Å². The smallest absolute Gasteiger partial charge is 0.194 e. The van der Waals surface area contributed by atoms with E-state index in [1.54, 1.807) is 0 Å². The van der Waals surface area contributed by atoms with Gasteiger partial charge in [-0.2, -0.15) is 0 Å². The van der Waals surface area contributed by atoms with Crippen LogP contribution in [0.1, 0.15) is 26.7 Å². The van der Waals surface area contributed by atoms with Crippen LogP contribution in [0.25, 0.3) is 0 Å². The molecule has 0 spiro atoms. The second-order valence-electron chi connectivity index (χ2n) is 5.80. The summed E-state index contributed by atoms with van der Waals surface area (Å²) in [6.45, 7) is 7.12. The number of hydrogen-bond donors (Lipinski definition) is 2. The highest BCUT2D eigenvalue weighted by molar-refractivity contribution is 14.0. The summed E-state index contributed by atoms with van der Waals surface area (Å²) in [6, 6.07) is 7.35. The number of aliphatic hydroxyl groups excluding tert-OH is 1. The van der Waals surface area contributed by atoms with E-state index in [-0.39, 0.29) is 36.2 Å². The van der Waals surface area contributed by atoms with Crippen LogP contribution in [-0.4, -0.2) is 54.4 Å². The Morgan fingerprint density at radius 1 is 1.38 bits per heavy atom. The van der Waals surface area contributed by atoms with Gasteiger partial charge in [-0.05, 0) is 51.0 Å². The summed E-state index contributed by atoms with van der Waals surface area (Å²) in [7, 11) is 0. The third-order valence-corrected chi connectivity index (χ3v) is 4.00. The van der Waals surface area contributed by atoms with Crippen LogP contribution in [0, 0.1) is 0 Å². The Kier molecular flexibility index (Phi) is 9.76. The number of nitrogens with one attached hydrogen (secondary N) is 1. The maximum absolute atomic E-state index is 9.62. The topological polar surface area (TPSA) is 57.1 Å². The fourth-order valence-corrected chi connectivity index (χ4v) is 2.63. The molecule has 0 saturated carbocycles. The SMILES string of the molecule is CCNC(=NCC(C)Oc1ccc(Cl)cc1)N1CCC(O)CC1.I. The Bertz CT molecular complexity index is 505. The number of aliphatic hydroxyl groups is 1. The molecule has 1 aliphatic heterocycles. The number of halogens is 2. The third-order valence-electron chi connectivity index (χ3n) is 3.75. The highest BCUT2D eigenvalue weighted by atomic mass is 127. The molecule has 1 unspecified atom stereocenters. The summed E-state index contributed by atoms with van der Waals surface area (Å²) in [5, 5.41) is 13.6. The standard InChI is InChI=1S/C17H26ClN3O2.HI/c1-3-19-17(21-10-8-15(22)9-11-21)20-12-13(2)23-16-6-4-14(18)5-7-16;/h4-7,13,15,22H,3,8-12H2,1-2H3,(H,19,20);1H. The van der Waals surface area contributed by atoms with Gasteiger partial charge in [-0.25, -0.2) is 4.99 Å². The Labute approximate surface area is 166 Å². The zero-order valence-corrected chi connectivity index (χ0v) is 17.3. The fourth-order valence-electron chi connectivity index (χ4n) is 2.50. The van der Waals surface area contributed by atoms with Crippen molar-refractivity contribution in [2.45, 2.75) is 38.9 Å². The van der Waals surface area contributed by atoms with E-state index in [0.29, 0.717) is 11.6 Å². The van der Waals surface area contributed by atoms with Gasteiger partial charge in [0.25, 0.3) is 0 Å². The van der Waals surface area contributed by atoms with E-state index in [4.69, 9.17) is 16.3 Å². The van der Waals surface area contributed by atoms with Crippen molar-refractivity contribution < 1.29 is 9.84 Å². The van der Waals surface area contributed by atoms with Gasteiger partial charge >= 0.3 is 0 Å². The van der Waals surface area contributed by atoms with Crippen molar-refractivity contribution in [3.8, 4) is 5.75 Å². The second-order valence-corrected chi connectivity index (χ2v) is 6.23. The molecule has 2 rings (SSSR count). The molecule has 0 aliphatic carbocycles. The number of hydrogen-bond acceptors (Lipinski definition) is 3. The number of aliphatic imine (C=N–C) groups is 1. The molecule has 1 aromatic rings. The molecule has 1 atom stereocenters. The molecule has 7 heteroatoms. The lowest BCUT2D eigenvalue weighted by atomic mass is 10.1. The van der Waals surface area contributed by atoms with Crippen LogP contribution in [0.15, 0.2) is 29.3 Å². The highest BCUT2D eigenvalue weighted by Crippen LogP contribution is 2.17. The van der Waals surface area contributed by atoms with Crippen LogP contribution in [0.3, 0.4) is 0 Å². The summed E-state index contributed by atoms with van der Waals surface area (Å²) in [5.41, 5.74) is 0. The largest absolute Gasteiger partial charge is 0.489 e. The molecule has 2 N–H and O–H groups in total. The number of rotatable bonds is 5. The van der Waals surface area contributed by atoms with Crippen LogP contribution >= 0.6 is 35.6 Å². The van der Waals surface area contributed by atoms with Crippen LogP contribution < -0.4 is 10.1 Å². The Morgan fingerprint density at radius 2 is 2.00 bits per heavy atom. The molecule has 0 aromatic heterocycles. The van der Waals surface area contributed by atoms with E-state index in [1.807, 2.05) is 31.2 Å². The van der Waals surface area contributed by atoms with E-state index < -0.39 is 0 Å². The molecule has 1 aromatic carbocycles. The minimum atomic E-state index is -0.179. The predicted octanol–water partition coefficient (Wildman–Crippen LogP) is 3.15. The average molecular weight is 468 g/mol. The van der Waals surface area contributed by atoms with E-state index in [1.165, 1.54) is 0 Å². The van der Waals surface area contributed by atoms with Crippen LogP contribution in [0.2, 0.25) is 5.02 Å². The molecule has 0 bridgehead atoms. The summed E-state index contributed by atoms with van der Waals surface area (Å²) >= 11 is 5.87. The molecule has 0 radical (unpaired) electrons. The van der Waals surface area contributed by atoms with Gasteiger partial charge < -0.3 is 20.1 Å². The molecule has 0 amide bonds. The lowest BCUT2D eigenvalue weighted by molar-refractivity contribution is 0.107. The normalized spacial score (nSPS) is 17.2. The Morgan fingerprint density at radius 3 is 2.58 bits per heavy atom. The molecule has 136 valence electrons. The molecular weight excluding hydrogens is 441 g/mol. The monoisotopic (exact) mass is 467 g/mol. The summed E-state index contributed by atoms with van der Waals surface area (Å²) < 4.78 is 5.85. The van der Waals surface area contributed by atoms with Gasteiger partial charge in [0.2, 0.25) is 0 Å². The van der Waals surface area contributed by atoms with Crippen molar-refractivity contribution in [2.24, 2.45) is 4.99 Å². The quantitative estimate of drug-likeness (QED) is 0.397. The first-order valence-electron chi connectivity index (χ1n) is 8.22. The Balaban J connectivity index is 0.00000288. The van der Waals surface area contributed by atoms with E-state index in [2.05, 4.69) is 22.1 Å². The molecule has 1 aliphatic rings. The van der Waals surface area contributed by atoms with Gasteiger partial charge in [-0.15, -0.1) is 24.0 Å². The summed E-state index contributed by atoms with van der Waals surface area (Å²) in [5.74, 6) is 1.69. The number of likely N-dealkylation sites (tertiary alicyclic amines) is 1. The van der Waals surface area contributed by atoms with Crippen molar-refractivity contribution in [3.63, 3.8) is 0 Å². The maximum Gasteiger partial charge on any atom is 0.194 e. The van der Waals surface area contributed by atoms with E-state index in [0.717, 1.165) is 44.2 Å². The molecule has 1 saturated heterocycles. The van der Waals surface area contributed by atoms with Gasteiger partial charge in [-0.1, -0.05) is 11.6 Å². The lowest BCUT2D eigenvalue weighted by Gasteiger charge is -2.32. The van der Waals surface area contributed by atoms with Crippen molar-refractivity contribution >= 4 is 41.5 Å². The van der Waals surface area contributed by atoms with Gasteiger partial charge in [0.15, 0.2) is 5.96 Å². The van der Waals surface area contributed by atoms with Crippen LogP contribution in [0.5, 0.6) is 5.75 Å². The van der Waals surface area contributed by atoms with Crippen molar-refractivity contribution in [1.82, 2.24) is 10.2 Å². The zero-order valence-electron chi connectivity index (χ0n) is 14.2. The zero-order chi connectivity index (χ0) is 16.7. The molecule has 1 fully saturated rings. The van der Waals surface area contributed by atoms with E-state index in [9.17, 15) is 5.11 Å². The van der Waals surface area contributed by atoms with Gasteiger partial charge in [0.1, 0.15) is 11.9 Å². The van der Waals surface area contributed by atoms with Crippen molar-refractivity contribution in [3.05, 3.63) is 29.3 Å². The third kappa shape index (κ3) is 7.03. The summed E-state index contributed by atoms with van der Waals surface area (Å²) in [6.07, 6.45) is 1.38. The van der Waals surface area contributed by atoms with Gasteiger partial charge in [-0.3, -0.25) is 0 Å². The number of guanidine groups is 1. The molecular formula is C17H27ClIN3O2. The number of benzene rings is 1. The molecule has 24 heavy (non-hydrogen) atoms. The van der Waals surface area contributed by atoms with Crippen molar-refractivity contribution in [2.75, 3.05) is 26.2 Å². The Hall–Kier alpha value is -0.730. The van der Waals surface area contributed by atoms with Crippen LogP contribution in [0.4, 0.5) is 0 Å². The minimum absolute atomic E-state index is 0. The van der Waals surface area contributed by atoms with E-state index >= 15 is 0 Å². The second kappa shape index (κ2) is 11.0. The average Bonchev–Trinajstić information content (AvgIpc) is 2.54. The first kappa shape index (κ1) is 21.3. The summed E-state index contributed by atoms with van der Waals surface area (Å²) in [4.78, 5) is 6.87.